The number of carbonyl (C=O) groups excluding carboxylic acids is 1. The van der Waals surface area contributed by atoms with Crippen molar-refractivity contribution in [1.29, 1.82) is 0 Å². The van der Waals surface area contributed by atoms with Crippen LogP contribution in [-0.4, -0.2) is 38.9 Å². The number of rotatable bonds is 4. The van der Waals surface area contributed by atoms with Crippen LogP contribution in [0.1, 0.15) is 12.0 Å². The molecule has 2 rings (SSSR count). The van der Waals surface area contributed by atoms with Crippen molar-refractivity contribution in [2.45, 2.75) is 18.9 Å². The van der Waals surface area contributed by atoms with Crippen LogP contribution in [0.5, 0.6) is 0 Å². The average Bonchev–Trinajstić information content (AvgIpc) is 2.36. The van der Waals surface area contributed by atoms with E-state index in [9.17, 15) is 13.2 Å². The van der Waals surface area contributed by atoms with Crippen LogP contribution in [-0.2, 0) is 21.1 Å². The lowest BCUT2D eigenvalue weighted by Crippen LogP contribution is -2.43. The predicted octanol–water partition coefficient (Wildman–Crippen LogP) is 0.574. The quantitative estimate of drug-likeness (QED) is 0.847. The number of nitrogens with one attached hydrogen (secondary N) is 2. The van der Waals surface area contributed by atoms with Crippen molar-refractivity contribution in [2.75, 3.05) is 23.9 Å². The summed E-state index contributed by atoms with van der Waals surface area (Å²) in [5, 5.41) is 5.84. The molecule has 6 heteroatoms. The number of anilines is 1. The standard InChI is InChI=1S/C13H18N2O3S/c1-19(17,18)9-8-14-13(16)12-7-6-10-4-2-3-5-11(10)15-12/h2-5,12,15H,6-9H2,1H3,(H,14,16). The molecule has 2 N–H and O–H groups in total. The Labute approximate surface area is 113 Å². The lowest BCUT2D eigenvalue weighted by molar-refractivity contribution is -0.121. The van der Waals surface area contributed by atoms with Gasteiger partial charge in [-0.05, 0) is 24.5 Å². The number of benzene rings is 1. The number of aryl methyl sites for hydroxylation is 1. The molecule has 0 aliphatic carbocycles. The molecule has 19 heavy (non-hydrogen) atoms. The molecule has 0 fully saturated rings. The summed E-state index contributed by atoms with van der Waals surface area (Å²) in [5.74, 6) is -0.166. The van der Waals surface area contributed by atoms with Crippen LogP contribution >= 0.6 is 0 Å². The molecule has 104 valence electrons. The largest absolute Gasteiger partial charge is 0.373 e. The van der Waals surface area contributed by atoms with Gasteiger partial charge < -0.3 is 10.6 Å². The number of carbonyl (C=O) groups is 1. The first-order valence-electron chi connectivity index (χ1n) is 6.25. The summed E-state index contributed by atoms with van der Waals surface area (Å²) in [4.78, 5) is 11.9. The molecule has 0 spiro atoms. The van der Waals surface area contributed by atoms with E-state index in [4.69, 9.17) is 0 Å². The molecule has 5 nitrogen and oxygen atoms in total. The molecule has 0 saturated heterocycles. The fraction of sp³-hybridized carbons (Fsp3) is 0.462. The van der Waals surface area contributed by atoms with Gasteiger partial charge in [-0.25, -0.2) is 8.42 Å². The zero-order valence-electron chi connectivity index (χ0n) is 10.8. The number of para-hydroxylation sites is 1. The maximum Gasteiger partial charge on any atom is 0.242 e. The first kappa shape index (κ1) is 13.9. The molecule has 1 amide bonds. The maximum absolute atomic E-state index is 11.9. The summed E-state index contributed by atoms with van der Waals surface area (Å²) in [6, 6.07) is 7.61. The van der Waals surface area contributed by atoms with Gasteiger partial charge in [0, 0.05) is 18.5 Å². The van der Waals surface area contributed by atoms with Crippen molar-refractivity contribution < 1.29 is 13.2 Å². The third-order valence-corrected chi connectivity index (χ3v) is 4.08. The Morgan fingerprint density at radius 1 is 1.42 bits per heavy atom. The summed E-state index contributed by atoms with van der Waals surface area (Å²) >= 11 is 0. The summed E-state index contributed by atoms with van der Waals surface area (Å²) in [7, 11) is -3.03. The second-order valence-corrected chi connectivity index (χ2v) is 7.07. The lowest BCUT2D eigenvalue weighted by atomic mass is 9.98. The van der Waals surface area contributed by atoms with E-state index in [0.717, 1.165) is 24.8 Å². The molecule has 1 atom stereocenters. The summed E-state index contributed by atoms with van der Waals surface area (Å²) in [6.07, 6.45) is 2.74. The van der Waals surface area contributed by atoms with E-state index >= 15 is 0 Å². The zero-order chi connectivity index (χ0) is 13.9. The minimum Gasteiger partial charge on any atom is -0.373 e. The van der Waals surface area contributed by atoms with Crippen molar-refractivity contribution in [3.05, 3.63) is 29.8 Å². The van der Waals surface area contributed by atoms with Crippen LogP contribution in [0.25, 0.3) is 0 Å². The van der Waals surface area contributed by atoms with Crippen molar-refractivity contribution in [3.8, 4) is 0 Å². The Bertz CT molecular complexity index is 569. The van der Waals surface area contributed by atoms with Crippen molar-refractivity contribution in [1.82, 2.24) is 5.32 Å². The molecule has 0 aromatic heterocycles. The van der Waals surface area contributed by atoms with E-state index in [1.807, 2.05) is 24.3 Å². The highest BCUT2D eigenvalue weighted by atomic mass is 32.2. The molecule has 1 aliphatic heterocycles. The van der Waals surface area contributed by atoms with Crippen molar-refractivity contribution >= 4 is 21.4 Å². The van der Waals surface area contributed by atoms with Crippen molar-refractivity contribution in [2.24, 2.45) is 0 Å². The van der Waals surface area contributed by atoms with E-state index < -0.39 is 9.84 Å². The molecule has 0 radical (unpaired) electrons. The highest BCUT2D eigenvalue weighted by Crippen LogP contribution is 2.24. The molecule has 0 saturated carbocycles. The second-order valence-electron chi connectivity index (χ2n) is 4.81. The monoisotopic (exact) mass is 282 g/mol. The van der Waals surface area contributed by atoms with Crippen LogP contribution in [0.3, 0.4) is 0 Å². The van der Waals surface area contributed by atoms with Gasteiger partial charge in [-0.3, -0.25) is 4.79 Å². The van der Waals surface area contributed by atoms with Gasteiger partial charge in [0.25, 0.3) is 0 Å². The van der Waals surface area contributed by atoms with E-state index in [1.54, 1.807) is 0 Å². The van der Waals surface area contributed by atoms with Crippen LogP contribution in [0.2, 0.25) is 0 Å². The summed E-state index contributed by atoms with van der Waals surface area (Å²) in [5.41, 5.74) is 2.19. The number of hydrogen-bond donors (Lipinski definition) is 2. The van der Waals surface area contributed by atoms with Crippen LogP contribution in [0, 0.1) is 0 Å². The van der Waals surface area contributed by atoms with Crippen LogP contribution in [0.15, 0.2) is 24.3 Å². The second kappa shape index (κ2) is 5.61. The van der Waals surface area contributed by atoms with Gasteiger partial charge in [0.2, 0.25) is 5.91 Å². The van der Waals surface area contributed by atoms with Gasteiger partial charge in [-0.1, -0.05) is 18.2 Å². The third-order valence-electron chi connectivity index (χ3n) is 3.14. The number of sulfone groups is 1. The molecule has 1 heterocycles. The Hall–Kier alpha value is -1.56. The summed E-state index contributed by atoms with van der Waals surface area (Å²) in [6.45, 7) is 0.164. The molecule has 1 unspecified atom stereocenters. The van der Waals surface area contributed by atoms with E-state index in [0.29, 0.717) is 0 Å². The number of fused-ring (bicyclic) bond motifs is 1. The molecule has 1 aliphatic rings. The average molecular weight is 282 g/mol. The van der Waals surface area contributed by atoms with Gasteiger partial charge in [-0.15, -0.1) is 0 Å². The topological polar surface area (TPSA) is 75.3 Å². The highest BCUT2D eigenvalue weighted by Gasteiger charge is 2.23. The minimum atomic E-state index is -3.03. The van der Waals surface area contributed by atoms with Gasteiger partial charge in [0.1, 0.15) is 15.9 Å². The molecule has 1 aromatic rings. The zero-order valence-corrected chi connectivity index (χ0v) is 11.7. The first-order valence-corrected chi connectivity index (χ1v) is 8.31. The smallest absolute Gasteiger partial charge is 0.242 e. The van der Waals surface area contributed by atoms with E-state index in [-0.39, 0.29) is 24.2 Å². The van der Waals surface area contributed by atoms with Crippen molar-refractivity contribution in [3.63, 3.8) is 0 Å². The van der Waals surface area contributed by atoms with Gasteiger partial charge >= 0.3 is 0 Å². The fourth-order valence-corrected chi connectivity index (χ4v) is 2.59. The van der Waals surface area contributed by atoms with Gasteiger partial charge in [0.05, 0.1) is 5.75 Å². The minimum absolute atomic E-state index is 0.0257. The van der Waals surface area contributed by atoms with Gasteiger partial charge in [-0.2, -0.15) is 0 Å². The fourth-order valence-electron chi connectivity index (χ4n) is 2.12. The van der Waals surface area contributed by atoms with E-state index in [2.05, 4.69) is 10.6 Å². The van der Waals surface area contributed by atoms with Crippen LogP contribution in [0.4, 0.5) is 5.69 Å². The Kier molecular flexibility index (Phi) is 4.09. The summed E-state index contributed by atoms with van der Waals surface area (Å²) < 4.78 is 22.0. The molecule has 1 aromatic carbocycles. The molecular weight excluding hydrogens is 264 g/mol. The number of amides is 1. The third kappa shape index (κ3) is 3.96. The Morgan fingerprint density at radius 2 is 2.16 bits per heavy atom. The SMILES string of the molecule is CS(=O)(=O)CCNC(=O)C1CCc2ccccc2N1. The molecule has 0 bridgehead atoms. The number of hydrogen-bond acceptors (Lipinski definition) is 4. The van der Waals surface area contributed by atoms with Crippen LogP contribution < -0.4 is 10.6 Å². The molecular formula is C13H18N2O3S. The van der Waals surface area contributed by atoms with Gasteiger partial charge in [0.15, 0.2) is 0 Å². The maximum atomic E-state index is 11.9. The Balaban J connectivity index is 1.89. The highest BCUT2D eigenvalue weighted by molar-refractivity contribution is 7.90. The Morgan fingerprint density at radius 3 is 2.89 bits per heavy atom. The first-order chi connectivity index (χ1) is 8.96. The predicted molar refractivity (Wildman–Crippen MR) is 74.9 cm³/mol. The lowest BCUT2D eigenvalue weighted by Gasteiger charge is -2.26. The normalized spacial score (nSPS) is 18.3. The van der Waals surface area contributed by atoms with E-state index in [1.165, 1.54) is 5.56 Å².